The van der Waals surface area contributed by atoms with E-state index >= 15 is 0 Å². The Balaban J connectivity index is 1.47. The second-order valence-electron chi connectivity index (χ2n) is 6.88. The fraction of sp³-hybridized carbons (Fsp3) is 0.182. The van der Waals surface area contributed by atoms with E-state index in [1.165, 1.54) is 12.1 Å². The number of nitrogens with zero attached hydrogens (tertiary/aromatic N) is 2. The van der Waals surface area contributed by atoms with Crippen LogP contribution in [0.1, 0.15) is 10.4 Å². The third kappa shape index (κ3) is 4.66. The molecule has 0 radical (unpaired) electrons. The minimum atomic E-state index is -0.704. The van der Waals surface area contributed by atoms with Crippen LogP contribution in [0.15, 0.2) is 60.8 Å². The normalized spacial score (nSPS) is 13.7. The molecular weight excluding hydrogens is 385 g/mol. The number of nitrogens with one attached hydrogen (secondary N) is 2. The number of halogens is 1. The number of pyridine rings is 1. The van der Waals surface area contributed by atoms with Gasteiger partial charge in [0.05, 0.1) is 24.5 Å². The number of carbonyl (C=O) groups is 1. The van der Waals surface area contributed by atoms with Crippen LogP contribution in [-0.4, -0.2) is 37.2 Å². The van der Waals surface area contributed by atoms with Gasteiger partial charge in [0.15, 0.2) is 0 Å². The van der Waals surface area contributed by atoms with E-state index in [1.807, 2.05) is 12.1 Å². The Labute approximate surface area is 173 Å². The summed E-state index contributed by atoms with van der Waals surface area (Å²) in [5.41, 5.74) is 8.61. The highest BCUT2D eigenvalue weighted by Crippen LogP contribution is 2.25. The van der Waals surface area contributed by atoms with Gasteiger partial charge in [-0.05, 0) is 48.5 Å². The molecule has 4 rings (SSSR count). The van der Waals surface area contributed by atoms with Crippen LogP contribution in [-0.2, 0) is 4.74 Å². The van der Waals surface area contributed by atoms with Crippen molar-refractivity contribution >= 4 is 34.5 Å². The summed E-state index contributed by atoms with van der Waals surface area (Å²) in [5.74, 6) is -0.599. The molecule has 7 nitrogen and oxygen atoms in total. The second-order valence-corrected chi connectivity index (χ2v) is 6.88. The molecule has 2 heterocycles. The molecule has 2 aromatic carbocycles. The molecule has 0 unspecified atom stereocenters. The first-order chi connectivity index (χ1) is 14.6. The van der Waals surface area contributed by atoms with Gasteiger partial charge in [0.25, 0.3) is 5.91 Å². The smallest absolute Gasteiger partial charge is 0.250 e. The van der Waals surface area contributed by atoms with Crippen molar-refractivity contribution < 1.29 is 13.9 Å². The quantitative estimate of drug-likeness (QED) is 0.578. The van der Waals surface area contributed by atoms with E-state index in [4.69, 9.17) is 10.5 Å². The van der Waals surface area contributed by atoms with Gasteiger partial charge in [0.1, 0.15) is 11.6 Å². The van der Waals surface area contributed by atoms with Crippen molar-refractivity contribution in [3.05, 3.63) is 72.2 Å². The summed E-state index contributed by atoms with van der Waals surface area (Å²) in [6.07, 6.45) is 1.64. The summed E-state index contributed by atoms with van der Waals surface area (Å²) in [6.45, 7) is 3.27. The molecule has 1 saturated heterocycles. The van der Waals surface area contributed by atoms with Crippen LogP contribution in [0, 0.1) is 5.82 Å². The number of rotatable bonds is 6. The highest BCUT2D eigenvalue weighted by molar-refractivity contribution is 5.99. The van der Waals surface area contributed by atoms with Crippen molar-refractivity contribution in [1.29, 1.82) is 0 Å². The summed E-state index contributed by atoms with van der Waals surface area (Å²) < 4.78 is 18.8. The first kappa shape index (κ1) is 19.7. The van der Waals surface area contributed by atoms with Crippen molar-refractivity contribution in [2.75, 3.05) is 41.8 Å². The Bertz CT molecular complexity index is 1040. The molecule has 30 heavy (non-hydrogen) atoms. The van der Waals surface area contributed by atoms with Crippen LogP contribution in [0.5, 0.6) is 0 Å². The maximum absolute atomic E-state index is 13.4. The minimum Gasteiger partial charge on any atom is -0.378 e. The number of primary amides is 1. The van der Waals surface area contributed by atoms with Gasteiger partial charge in [-0.25, -0.2) is 9.37 Å². The molecule has 154 valence electrons. The average molecular weight is 407 g/mol. The Kier molecular flexibility index (Phi) is 5.76. The maximum Gasteiger partial charge on any atom is 0.250 e. The van der Waals surface area contributed by atoms with Crippen LogP contribution in [0.3, 0.4) is 0 Å². The average Bonchev–Trinajstić information content (AvgIpc) is 2.76. The van der Waals surface area contributed by atoms with E-state index in [2.05, 4.69) is 32.7 Å². The lowest BCUT2D eigenvalue weighted by Crippen LogP contribution is -2.36. The van der Waals surface area contributed by atoms with Crippen molar-refractivity contribution in [2.45, 2.75) is 0 Å². The van der Waals surface area contributed by atoms with E-state index in [-0.39, 0.29) is 5.56 Å². The molecule has 0 atom stereocenters. The number of hydrogen-bond acceptors (Lipinski definition) is 6. The second kappa shape index (κ2) is 8.79. The number of aromatic nitrogens is 1. The lowest BCUT2D eigenvalue weighted by Gasteiger charge is -2.28. The third-order valence-electron chi connectivity index (χ3n) is 4.80. The summed E-state index contributed by atoms with van der Waals surface area (Å²) in [6, 6.07) is 15.5. The number of hydrogen-bond donors (Lipinski definition) is 3. The summed E-state index contributed by atoms with van der Waals surface area (Å²) in [7, 11) is 0. The molecule has 0 bridgehead atoms. The molecule has 1 aliphatic rings. The standard InChI is InChI=1S/C22H22FN5O2/c23-15-1-6-20(19(13-15)22(24)29)26-17-7-8-25-21(14-17)27-16-2-4-18(5-3-16)28-9-11-30-12-10-28/h1-8,13-14H,9-12H2,(H2,24,29)(H2,25,26,27). The number of anilines is 5. The molecule has 3 aromatic rings. The number of amides is 1. The lowest BCUT2D eigenvalue weighted by atomic mass is 10.1. The monoisotopic (exact) mass is 407 g/mol. The first-order valence-electron chi connectivity index (χ1n) is 9.61. The number of carbonyl (C=O) groups excluding carboxylic acids is 1. The number of benzene rings is 2. The Hall–Kier alpha value is -3.65. The van der Waals surface area contributed by atoms with Gasteiger partial charge in [-0.15, -0.1) is 0 Å². The SMILES string of the molecule is NC(=O)c1cc(F)ccc1Nc1ccnc(Nc2ccc(N3CCOCC3)cc2)c1. The Morgan fingerprint density at radius 1 is 1.00 bits per heavy atom. The summed E-state index contributed by atoms with van der Waals surface area (Å²) in [5, 5.41) is 6.35. The Morgan fingerprint density at radius 3 is 2.50 bits per heavy atom. The molecule has 1 aliphatic heterocycles. The van der Waals surface area contributed by atoms with Crippen LogP contribution in [0.2, 0.25) is 0 Å². The lowest BCUT2D eigenvalue weighted by molar-refractivity contribution is 0.100. The molecule has 1 fully saturated rings. The topological polar surface area (TPSA) is 92.5 Å². The fourth-order valence-electron chi connectivity index (χ4n) is 3.29. The van der Waals surface area contributed by atoms with Gasteiger partial charge in [-0.3, -0.25) is 4.79 Å². The molecule has 0 saturated carbocycles. The van der Waals surface area contributed by atoms with Crippen molar-refractivity contribution in [2.24, 2.45) is 5.73 Å². The van der Waals surface area contributed by atoms with Gasteiger partial charge in [-0.2, -0.15) is 0 Å². The molecule has 8 heteroatoms. The van der Waals surface area contributed by atoms with Crippen molar-refractivity contribution in [1.82, 2.24) is 4.98 Å². The predicted molar refractivity (Wildman–Crippen MR) is 115 cm³/mol. The zero-order chi connectivity index (χ0) is 20.9. The molecule has 1 aromatic heterocycles. The van der Waals surface area contributed by atoms with Gasteiger partial charge in [0, 0.05) is 42.4 Å². The van der Waals surface area contributed by atoms with Crippen LogP contribution >= 0.6 is 0 Å². The molecule has 4 N–H and O–H groups in total. The minimum absolute atomic E-state index is 0.0834. The van der Waals surface area contributed by atoms with E-state index in [1.54, 1.807) is 18.3 Å². The number of nitrogens with two attached hydrogens (primary N) is 1. The van der Waals surface area contributed by atoms with Crippen LogP contribution in [0.25, 0.3) is 0 Å². The molecular formula is C22H22FN5O2. The highest BCUT2D eigenvalue weighted by Gasteiger charge is 2.12. The van der Waals surface area contributed by atoms with E-state index in [0.717, 1.165) is 43.7 Å². The van der Waals surface area contributed by atoms with Crippen molar-refractivity contribution in [3.8, 4) is 0 Å². The van der Waals surface area contributed by atoms with Gasteiger partial charge >= 0.3 is 0 Å². The highest BCUT2D eigenvalue weighted by atomic mass is 19.1. The zero-order valence-electron chi connectivity index (χ0n) is 16.3. The fourth-order valence-corrected chi connectivity index (χ4v) is 3.29. The summed E-state index contributed by atoms with van der Waals surface area (Å²) in [4.78, 5) is 18.2. The molecule has 0 spiro atoms. The van der Waals surface area contributed by atoms with E-state index in [0.29, 0.717) is 17.2 Å². The predicted octanol–water partition coefficient (Wildman–Crippen LogP) is 3.64. The first-order valence-corrected chi connectivity index (χ1v) is 9.61. The number of ether oxygens (including phenoxy) is 1. The maximum atomic E-state index is 13.4. The number of morpholine rings is 1. The summed E-state index contributed by atoms with van der Waals surface area (Å²) >= 11 is 0. The Morgan fingerprint density at radius 2 is 1.77 bits per heavy atom. The van der Waals surface area contributed by atoms with Gasteiger partial charge < -0.3 is 26.0 Å². The molecule has 1 amide bonds. The van der Waals surface area contributed by atoms with Gasteiger partial charge in [0.2, 0.25) is 0 Å². The largest absolute Gasteiger partial charge is 0.378 e. The van der Waals surface area contributed by atoms with Gasteiger partial charge in [-0.1, -0.05) is 0 Å². The van der Waals surface area contributed by atoms with Crippen LogP contribution in [0.4, 0.5) is 33.0 Å². The van der Waals surface area contributed by atoms with E-state index < -0.39 is 11.7 Å². The zero-order valence-corrected chi connectivity index (χ0v) is 16.3. The van der Waals surface area contributed by atoms with Crippen LogP contribution < -0.4 is 21.3 Å². The van der Waals surface area contributed by atoms with Crippen molar-refractivity contribution in [3.63, 3.8) is 0 Å². The third-order valence-corrected chi connectivity index (χ3v) is 4.80. The molecule has 0 aliphatic carbocycles. The van der Waals surface area contributed by atoms with E-state index in [9.17, 15) is 9.18 Å².